The fourth-order valence-corrected chi connectivity index (χ4v) is 2.70. The highest BCUT2D eigenvalue weighted by Gasteiger charge is 2.45. The number of benzene rings is 1. The van der Waals surface area contributed by atoms with Crippen LogP contribution in [0.3, 0.4) is 0 Å². The van der Waals surface area contributed by atoms with Crippen LogP contribution in [0.25, 0.3) is 0 Å². The number of amides is 1. The number of hydrogen-bond donors (Lipinski definition) is 1. The maximum atomic E-state index is 12.7. The molecule has 1 aromatic carbocycles. The van der Waals surface area contributed by atoms with E-state index in [-0.39, 0.29) is 11.4 Å². The molecule has 0 spiro atoms. The molecule has 0 bridgehead atoms. The van der Waals surface area contributed by atoms with Crippen molar-refractivity contribution in [3.05, 3.63) is 28.2 Å². The molecule has 1 N–H and O–H groups in total. The van der Waals surface area contributed by atoms with Gasteiger partial charge in [0.25, 0.3) is 0 Å². The Morgan fingerprint density at radius 3 is 2.47 bits per heavy atom. The summed E-state index contributed by atoms with van der Waals surface area (Å²) >= 11 is 3.55. The van der Waals surface area contributed by atoms with Crippen LogP contribution in [-0.2, 0) is 4.79 Å². The molecule has 0 radical (unpaired) electrons. The van der Waals surface area contributed by atoms with Crippen LogP contribution < -0.4 is 10.2 Å². The lowest BCUT2D eigenvalue weighted by Gasteiger charge is -2.48. The van der Waals surface area contributed by atoms with Gasteiger partial charge in [-0.25, -0.2) is 0 Å². The SMILES string of the molecule is Cc1ccc(N2C(=O)C(C)(C)NCC2(C)C)cc1Br. The Morgan fingerprint density at radius 2 is 1.89 bits per heavy atom. The molecule has 3 nitrogen and oxygen atoms in total. The predicted molar refractivity (Wildman–Crippen MR) is 82.5 cm³/mol. The van der Waals surface area contributed by atoms with Gasteiger partial charge in [-0.1, -0.05) is 22.0 Å². The van der Waals surface area contributed by atoms with Gasteiger partial charge >= 0.3 is 0 Å². The van der Waals surface area contributed by atoms with Crippen LogP contribution in [0.1, 0.15) is 33.3 Å². The molecule has 1 aliphatic rings. The predicted octanol–water partition coefficient (Wildman–Crippen LogP) is 3.25. The zero-order chi connectivity index (χ0) is 14.4. The smallest absolute Gasteiger partial charge is 0.247 e. The molecule has 1 amide bonds. The van der Waals surface area contributed by atoms with Gasteiger partial charge in [-0.15, -0.1) is 0 Å². The second kappa shape index (κ2) is 4.60. The number of anilines is 1. The van der Waals surface area contributed by atoms with E-state index in [0.29, 0.717) is 0 Å². The first kappa shape index (κ1) is 14.5. The highest BCUT2D eigenvalue weighted by Crippen LogP contribution is 2.33. The lowest BCUT2D eigenvalue weighted by atomic mass is 9.90. The number of hydrogen-bond acceptors (Lipinski definition) is 2. The first-order chi connectivity index (χ1) is 8.65. The van der Waals surface area contributed by atoms with E-state index in [4.69, 9.17) is 0 Å². The zero-order valence-electron chi connectivity index (χ0n) is 12.2. The van der Waals surface area contributed by atoms with Crippen LogP contribution in [0.15, 0.2) is 22.7 Å². The summed E-state index contributed by atoms with van der Waals surface area (Å²) in [5.41, 5.74) is 1.36. The Bertz CT molecular complexity index is 523. The number of piperazine rings is 1. The van der Waals surface area contributed by atoms with Crippen molar-refractivity contribution in [1.29, 1.82) is 0 Å². The molecule has 4 heteroatoms. The molecular formula is C15H21BrN2O. The molecule has 2 rings (SSSR count). The Morgan fingerprint density at radius 1 is 1.26 bits per heavy atom. The van der Waals surface area contributed by atoms with E-state index in [1.54, 1.807) is 0 Å². The summed E-state index contributed by atoms with van der Waals surface area (Å²) < 4.78 is 1.03. The fourth-order valence-electron chi connectivity index (χ4n) is 2.33. The topological polar surface area (TPSA) is 32.3 Å². The van der Waals surface area contributed by atoms with Crippen molar-refractivity contribution in [3.8, 4) is 0 Å². The minimum atomic E-state index is -0.521. The van der Waals surface area contributed by atoms with Gasteiger partial charge < -0.3 is 10.2 Å². The fraction of sp³-hybridized carbons (Fsp3) is 0.533. The number of rotatable bonds is 1. The molecule has 1 saturated heterocycles. The highest BCUT2D eigenvalue weighted by atomic mass is 79.9. The van der Waals surface area contributed by atoms with Crippen molar-refractivity contribution in [1.82, 2.24) is 5.32 Å². The number of aryl methyl sites for hydroxylation is 1. The minimum Gasteiger partial charge on any atom is -0.304 e. The van der Waals surface area contributed by atoms with Gasteiger partial charge in [-0.3, -0.25) is 4.79 Å². The van der Waals surface area contributed by atoms with Crippen LogP contribution in [-0.4, -0.2) is 23.5 Å². The van der Waals surface area contributed by atoms with Gasteiger partial charge in [0.1, 0.15) is 0 Å². The lowest BCUT2D eigenvalue weighted by Crippen LogP contribution is -2.69. The molecule has 0 aromatic heterocycles. The summed E-state index contributed by atoms with van der Waals surface area (Å²) in [6.07, 6.45) is 0. The van der Waals surface area contributed by atoms with Crippen LogP contribution >= 0.6 is 15.9 Å². The molecule has 104 valence electrons. The number of carbonyl (C=O) groups excluding carboxylic acids is 1. The van der Waals surface area contributed by atoms with Crippen LogP contribution in [0, 0.1) is 6.92 Å². The van der Waals surface area contributed by atoms with Crippen LogP contribution in [0.4, 0.5) is 5.69 Å². The van der Waals surface area contributed by atoms with Crippen molar-refractivity contribution in [2.75, 3.05) is 11.4 Å². The number of nitrogens with one attached hydrogen (secondary N) is 1. The standard InChI is InChI=1S/C15H21BrN2O/c1-10-6-7-11(8-12(10)16)18-13(19)15(4,5)17-9-14(18,2)3/h6-8,17H,9H2,1-5H3. The van der Waals surface area contributed by atoms with Crippen LogP contribution in [0.2, 0.25) is 0 Å². The van der Waals surface area contributed by atoms with E-state index in [1.165, 1.54) is 5.56 Å². The molecule has 0 unspecified atom stereocenters. The van der Waals surface area contributed by atoms with Gasteiger partial charge in [-0.2, -0.15) is 0 Å². The van der Waals surface area contributed by atoms with E-state index >= 15 is 0 Å². The maximum Gasteiger partial charge on any atom is 0.247 e. The Hall–Kier alpha value is -0.870. The average molecular weight is 325 g/mol. The molecular weight excluding hydrogens is 304 g/mol. The van der Waals surface area contributed by atoms with E-state index < -0.39 is 5.54 Å². The third kappa shape index (κ3) is 2.56. The van der Waals surface area contributed by atoms with E-state index in [0.717, 1.165) is 16.7 Å². The van der Waals surface area contributed by atoms with Gasteiger partial charge in [-0.05, 0) is 52.3 Å². The molecule has 19 heavy (non-hydrogen) atoms. The summed E-state index contributed by atoms with van der Waals surface area (Å²) in [4.78, 5) is 14.6. The quantitative estimate of drug-likeness (QED) is 0.860. The molecule has 1 aliphatic heterocycles. The Kier molecular flexibility index (Phi) is 3.52. The highest BCUT2D eigenvalue weighted by molar-refractivity contribution is 9.10. The van der Waals surface area contributed by atoms with Gasteiger partial charge in [0.05, 0.1) is 11.1 Å². The lowest BCUT2D eigenvalue weighted by molar-refractivity contribution is -0.126. The summed E-state index contributed by atoms with van der Waals surface area (Å²) in [5, 5.41) is 3.32. The zero-order valence-corrected chi connectivity index (χ0v) is 13.8. The summed E-state index contributed by atoms with van der Waals surface area (Å²) in [6.45, 7) is 10.9. The van der Waals surface area contributed by atoms with Crippen molar-refractivity contribution >= 4 is 27.5 Å². The Labute approximate surface area is 123 Å². The summed E-state index contributed by atoms with van der Waals surface area (Å²) in [7, 11) is 0. The third-order valence-corrected chi connectivity index (χ3v) is 4.57. The van der Waals surface area contributed by atoms with E-state index in [2.05, 4.69) is 35.1 Å². The number of carbonyl (C=O) groups is 1. The van der Waals surface area contributed by atoms with Crippen molar-refractivity contribution < 1.29 is 4.79 Å². The minimum absolute atomic E-state index is 0.111. The van der Waals surface area contributed by atoms with E-state index in [1.807, 2.05) is 43.9 Å². The van der Waals surface area contributed by atoms with E-state index in [9.17, 15) is 4.79 Å². The van der Waals surface area contributed by atoms with Gasteiger partial charge in [0.2, 0.25) is 5.91 Å². The number of nitrogens with zero attached hydrogens (tertiary/aromatic N) is 1. The van der Waals surface area contributed by atoms with Crippen molar-refractivity contribution in [3.63, 3.8) is 0 Å². The summed E-state index contributed by atoms with van der Waals surface area (Å²) in [6, 6.07) is 6.08. The summed E-state index contributed by atoms with van der Waals surface area (Å²) in [5.74, 6) is 0.111. The molecule has 0 saturated carbocycles. The second-order valence-electron chi connectivity index (χ2n) is 6.37. The maximum absolute atomic E-state index is 12.7. The van der Waals surface area contributed by atoms with Gasteiger partial charge in [0.15, 0.2) is 0 Å². The van der Waals surface area contributed by atoms with Crippen molar-refractivity contribution in [2.45, 2.75) is 45.7 Å². The molecule has 0 aliphatic carbocycles. The van der Waals surface area contributed by atoms with Crippen molar-refractivity contribution in [2.24, 2.45) is 0 Å². The third-order valence-electron chi connectivity index (χ3n) is 3.72. The van der Waals surface area contributed by atoms with Crippen LogP contribution in [0.5, 0.6) is 0 Å². The normalized spacial score (nSPS) is 21.6. The number of halogens is 1. The molecule has 1 heterocycles. The average Bonchev–Trinajstić information content (AvgIpc) is 2.30. The Balaban J connectivity index is 2.49. The molecule has 0 atom stereocenters. The second-order valence-corrected chi connectivity index (χ2v) is 7.22. The first-order valence-corrected chi connectivity index (χ1v) is 7.30. The monoisotopic (exact) mass is 324 g/mol. The largest absolute Gasteiger partial charge is 0.304 e. The van der Waals surface area contributed by atoms with Gasteiger partial charge in [0, 0.05) is 16.7 Å². The molecule has 1 fully saturated rings. The molecule has 1 aromatic rings. The first-order valence-electron chi connectivity index (χ1n) is 6.51.